The molecule has 2 heterocycles. The van der Waals surface area contributed by atoms with Crippen LogP contribution >= 0.6 is 0 Å². The number of primary amides is 1. The van der Waals surface area contributed by atoms with Crippen molar-refractivity contribution < 1.29 is 18.4 Å². The maximum Gasteiger partial charge on any atom is 0.295 e. The molecule has 1 aliphatic heterocycles. The van der Waals surface area contributed by atoms with E-state index < -0.39 is 12.2 Å². The van der Waals surface area contributed by atoms with Crippen molar-refractivity contribution in [1.82, 2.24) is 14.9 Å². The lowest BCUT2D eigenvalue weighted by molar-refractivity contribution is -0.123. The molecule has 1 atom stereocenters. The van der Waals surface area contributed by atoms with Crippen molar-refractivity contribution in [2.24, 2.45) is 11.7 Å². The van der Waals surface area contributed by atoms with Gasteiger partial charge in [-0.1, -0.05) is 12.1 Å². The Morgan fingerprint density at radius 1 is 1.23 bits per heavy atom. The lowest BCUT2D eigenvalue weighted by Crippen LogP contribution is -2.40. The summed E-state index contributed by atoms with van der Waals surface area (Å²) in [6, 6.07) is 12.1. The van der Waals surface area contributed by atoms with Gasteiger partial charge in [0.2, 0.25) is 5.91 Å². The smallest absolute Gasteiger partial charge is 0.295 e. The maximum absolute atomic E-state index is 12.8. The van der Waals surface area contributed by atoms with Gasteiger partial charge >= 0.3 is 0 Å². The highest BCUT2D eigenvalue weighted by Gasteiger charge is 2.23. The third kappa shape index (κ3) is 4.88. The molecule has 2 amide bonds. The monoisotopic (exact) mass is 427 g/mol. The Bertz CT molecular complexity index is 1100. The third-order valence-electron chi connectivity index (χ3n) is 5.49. The predicted molar refractivity (Wildman–Crippen MR) is 113 cm³/mol. The summed E-state index contributed by atoms with van der Waals surface area (Å²) < 4.78 is 25.6. The highest BCUT2D eigenvalue weighted by atomic mass is 19.3. The van der Waals surface area contributed by atoms with E-state index in [1.165, 1.54) is 12.1 Å². The number of H-pyrrole nitrogens is 1. The van der Waals surface area contributed by atoms with Gasteiger partial charge in [-0.2, -0.15) is 0 Å². The SMILES string of the molecule is NC(=O)C1CCCN(Cc2ccc(NC(=O)c3ccc4nc(C(F)F)[nH]c4c3)cc2)C1. The van der Waals surface area contributed by atoms with Gasteiger partial charge in [0.1, 0.15) is 0 Å². The summed E-state index contributed by atoms with van der Waals surface area (Å²) in [6.45, 7) is 2.30. The fourth-order valence-corrected chi connectivity index (χ4v) is 3.86. The Morgan fingerprint density at radius 3 is 2.71 bits per heavy atom. The maximum atomic E-state index is 12.8. The number of hydrogen-bond acceptors (Lipinski definition) is 4. The van der Waals surface area contributed by atoms with Crippen LogP contribution in [0, 0.1) is 5.92 Å². The fraction of sp³-hybridized carbons (Fsp3) is 0.318. The number of carbonyl (C=O) groups is 2. The third-order valence-corrected chi connectivity index (χ3v) is 5.49. The molecule has 1 unspecified atom stereocenters. The molecule has 162 valence electrons. The first-order valence-corrected chi connectivity index (χ1v) is 10.1. The number of likely N-dealkylation sites (tertiary alicyclic amines) is 1. The number of benzene rings is 2. The van der Waals surface area contributed by atoms with E-state index in [4.69, 9.17) is 5.73 Å². The number of halogens is 2. The zero-order chi connectivity index (χ0) is 22.0. The zero-order valence-electron chi connectivity index (χ0n) is 16.8. The van der Waals surface area contributed by atoms with E-state index in [-0.39, 0.29) is 17.7 Å². The average molecular weight is 427 g/mol. The van der Waals surface area contributed by atoms with Crippen LogP contribution in [0.5, 0.6) is 0 Å². The molecular formula is C22H23F2N5O2. The van der Waals surface area contributed by atoms with Gasteiger partial charge in [0.15, 0.2) is 5.82 Å². The second-order valence-electron chi connectivity index (χ2n) is 7.78. The molecule has 1 aliphatic rings. The average Bonchev–Trinajstić information content (AvgIpc) is 3.19. The number of alkyl halides is 2. The molecule has 0 saturated carbocycles. The molecule has 1 fully saturated rings. The Kier molecular flexibility index (Phi) is 5.94. The summed E-state index contributed by atoms with van der Waals surface area (Å²) >= 11 is 0. The Hall–Kier alpha value is -3.33. The summed E-state index contributed by atoms with van der Waals surface area (Å²) in [6.07, 6.45) is -0.916. The number of rotatable bonds is 6. The first-order chi connectivity index (χ1) is 14.9. The Balaban J connectivity index is 1.39. The largest absolute Gasteiger partial charge is 0.369 e. The number of nitrogens with two attached hydrogens (primary N) is 1. The number of piperidine rings is 1. The van der Waals surface area contributed by atoms with Gasteiger partial charge in [-0.15, -0.1) is 0 Å². The normalized spacial score (nSPS) is 17.2. The van der Waals surface area contributed by atoms with Gasteiger partial charge in [-0.25, -0.2) is 13.8 Å². The Labute approximate surface area is 177 Å². The van der Waals surface area contributed by atoms with Gasteiger partial charge in [0.05, 0.1) is 17.0 Å². The van der Waals surface area contributed by atoms with E-state index in [0.717, 1.165) is 24.9 Å². The zero-order valence-corrected chi connectivity index (χ0v) is 16.8. The molecule has 0 bridgehead atoms. The van der Waals surface area contributed by atoms with Gasteiger partial charge < -0.3 is 16.0 Å². The number of aromatic amines is 1. The lowest BCUT2D eigenvalue weighted by atomic mass is 9.97. The van der Waals surface area contributed by atoms with Crippen LogP contribution in [0.3, 0.4) is 0 Å². The minimum absolute atomic E-state index is 0.101. The molecule has 7 nitrogen and oxygen atoms in total. The van der Waals surface area contributed by atoms with Crippen LogP contribution < -0.4 is 11.1 Å². The Morgan fingerprint density at radius 2 is 2.00 bits per heavy atom. The van der Waals surface area contributed by atoms with Crippen molar-refractivity contribution in [3.05, 3.63) is 59.4 Å². The number of carbonyl (C=O) groups excluding carboxylic acids is 2. The molecular weight excluding hydrogens is 404 g/mol. The summed E-state index contributed by atoms with van der Waals surface area (Å²) in [7, 11) is 0. The van der Waals surface area contributed by atoms with Crippen molar-refractivity contribution in [1.29, 1.82) is 0 Å². The van der Waals surface area contributed by atoms with Gasteiger partial charge in [-0.05, 0) is 55.3 Å². The van der Waals surface area contributed by atoms with Crippen molar-refractivity contribution in [3.63, 3.8) is 0 Å². The van der Waals surface area contributed by atoms with Crippen LogP contribution in [-0.2, 0) is 11.3 Å². The quantitative estimate of drug-likeness (QED) is 0.560. The van der Waals surface area contributed by atoms with Crippen LogP contribution in [0.1, 0.15) is 41.0 Å². The second kappa shape index (κ2) is 8.81. The van der Waals surface area contributed by atoms with Crippen LogP contribution in [0.25, 0.3) is 11.0 Å². The van der Waals surface area contributed by atoms with E-state index in [9.17, 15) is 18.4 Å². The summed E-state index contributed by atoms with van der Waals surface area (Å²) in [5, 5.41) is 2.81. The van der Waals surface area contributed by atoms with Crippen LogP contribution in [-0.4, -0.2) is 39.8 Å². The molecule has 0 radical (unpaired) electrons. The van der Waals surface area contributed by atoms with Crippen molar-refractivity contribution in [2.45, 2.75) is 25.8 Å². The first kappa shape index (κ1) is 20.9. The van der Waals surface area contributed by atoms with Crippen molar-refractivity contribution >= 4 is 28.5 Å². The molecule has 4 N–H and O–H groups in total. The lowest BCUT2D eigenvalue weighted by Gasteiger charge is -2.31. The topological polar surface area (TPSA) is 104 Å². The summed E-state index contributed by atoms with van der Waals surface area (Å²) in [4.78, 5) is 32.5. The number of amides is 2. The molecule has 1 aromatic heterocycles. The second-order valence-corrected chi connectivity index (χ2v) is 7.78. The highest BCUT2D eigenvalue weighted by molar-refractivity contribution is 6.05. The van der Waals surface area contributed by atoms with E-state index in [1.807, 2.05) is 24.3 Å². The molecule has 9 heteroatoms. The predicted octanol–water partition coefficient (Wildman–Crippen LogP) is 3.45. The molecule has 3 aromatic rings. The number of anilines is 1. The molecule has 0 aliphatic carbocycles. The van der Waals surface area contributed by atoms with E-state index in [2.05, 4.69) is 20.2 Å². The standard InChI is InChI=1S/C22H23F2N5O2/c23-19(24)21-27-17-8-5-14(10-18(17)28-21)22(31)26-16-6-3-13(4-7-16)11-29-9-1-2-15(12-29)20(25)30/h3-8,10,15,19H,1-2,9,11-12H2,(H2,25,30)(H,26,31)(H,27,28). The number of nitrogens with zero attached hydrogens (tertiary/aromatic N) is 2. The number of hydrogen-bond donors (Lipinski definition) is 3. The highest BCUT2D eigenvalue weighted by Crippen LogP contribution is 2.22. The molecule has 2 aromatic carbocycles. The minimum Gasteiger partial charge on any atom is -0.369 e. The first-order valence-electron chi connectivity index (χ1n) is 10.1. The number of fused-ring (bicyclic) bond motifs is 1. The van der Waals surface area contributed by atoms with E-state index in [1.54, 1.807) is 6.07 Å². The number of nitrogens with one attached hydrogen (secondary N) is 2. The van der Waals surface area contributed by atoms with Crippen LogP contribution in [0.15, 0.2) is 42.5 Å². The van der Waals surface area contributed by atoms with Crippen LogP contribution in [0.2, 0.25) is 0 Å². The van der Waals surface area contributed by atoms with Gasteiger partial charge in [0.25, 0.3) is 12.3 Å². The van der Waals surface area contributed by atoms with Crippen molar-refractivity contribution in [2.75, 3.05) is 18.4 Å². The number of imidazole rings is 1. The van der Waals surface area contributed by atoms with Gasteiger partial charge in [-0.3, -0.25) is 14.5 Å². The number of aromatic nitrogens is 2. The van der Waals surface area contributed by atoms with E-state index in [0.29, 0.717) is 35.4 Å². The molecule has 31 heavy (non-hydrogen) atoms. The van der Waals surface area contributed by atoms with Gasteiger partial charge in [0, 0.05) is 24.3 Å². The molecule has 1 saturated heterocycles. The fourth-order valence-electron chi connectivity index (χ4n) is 3.86. The van der Waals surface area contributed by atoms with Crippen molar-refractivity contribution in [3.8, 4) is 0 Å². The van der Waals surface area contributed by atoms with E-state index >= 15 is 0 Å². The van der Waals surface area contributed by atoms with Crippen LogP contribution in [0.4, 0.5) is 14.5 Å². The summed E-state index contributed by atoms with van der Waals surface area (Å²) in [5.41, 5.74) is 8.24. The molecule has 4 rings (SSSR count). The minimum atomic E-state index is -2.70. The summed E-state index contributed by atoms with van der Waals surface area (Å²) in [5.74, 6) is -1.11. The molecule has 0 spiro atoms.